The van der Waals surface area contributed by atoms with Crippen LogP contribution in [0.25, 0.3) is 0 Å². The van der Waals surface area contributed by atoms with E-state index in [9.17, 15) is 4.55 Å². The maximum absolute atomic E-state index is 11.2. The van der Waals surface area contributed by atoms with Gasteiger partial charge in [-0.1, -0.05) is 19.1 Å². The van der Waals surface area contributed by atoms with Crippen LogP contribution in [0.1, 0.15) is 18.1 Å². The summed E-state index contributed by atoms with van der Waals surface area (Å²) in [5.41, 5.74) is 8.53. The Balaban J connectivity index is 2.57. The second-order valence-electron chi connectivity index (χ2n) is 3.02. The van der Waals surface area contributed by atoms with E-state index in [1.54, 1.807) is 0 Å². The molecule has 0 fully saturated rings. The molecule has 3 N–H and O–H groups in total. The Hall–Kier alpha value is -1.20. The van der Waals surface area contributed by atoms with Crippen LogP contribution in [-0.2, 0) is 18.0 Å². The summed E-state index contributed by atoms with van der Waals surface area (Å²) < 4.78 is 17.7. The van der Waals surface area contributed by atoms with Crippen molar-refractivity contribution in [1.82, 2.24) is 0 Å². The topological polar surface area (TPSA) is 73.5 Å². The first-order chi connectivity index (χ1) is 6.72. The van der Waals surface area contributed by atoms with Crippen LogP contribution in [0.15, 0.2) is 22.6 Å². The molecule has 1 heterocycles. The normalized spacial score (nSPS) is 19.6. The first-order valence-corrected chi connectivity index (χ1v) is 5.48. The Morgan fingerprint density at radius 1 is 1.57 bits per heavy atom. The third-order valence-electron chi connectivity index (χ3n) is 2.17. The maximum atomic E-state index is 11.2. The molecule has 0 bridgehead atoms. The van der Waals surface area contributed by atoms with Gasteiger partial charge in [-0.2, -0.15) is 4.72 Å². The molecule has 0 radical (unpaired) electrons. The molecule has 1 unspecified atom stereocenters. The van der Waals surface area contributed by atoms with Gasteiger partial charge < -0.3 is 10.3 Å². The summed E-state index contributed by atoms with van der Waals surface area (Å²) in [6.45, 7) is 2.05. The van der Waals surface area contributed by atoms with Crippen LogP contribution in [0.5, 0.6) is 0 Å². The van der Waals surface area contributed by atoms with Crippen molar-refractivity contribution < 1.29 is 4.55 Å². The van der Waals surface area contributed by atoms with Crippen molar-refractivity contribution in [2.45, 2.75) is 13.3 Å². The molecule has 0 aromatic heterocycles. The number of hydrogen-bond acceptors (Lipinski definition) is 4. The number of benzene rings is 1. The number of fused-ring (bicyclic) bond motifs is 1. The van der Waals surface area contributed by atoms with Gasteiger partial charge in [0.2, 0.25) is 11.5 Å². The van der Waals surface area contributed by atoms with Crippen LogP contribution in [-0.4, -0.2) is 10.4 Å². The Labute approximate surface area is 85.7 Å². The SMILES string of the molecule is CCc1cccc2c1C(N)=N[S+]([O-])N2. The molecule has 1 aliphatic heterocycles. The fraction of sp³-hybridized carbons (Fsp3) is 0.222. The number of amidine groups is 1. The van der Waals surface area contributed by atoms with Gasteiger partial charge in [-0.15, -0.1) is 0 Å². The van der Waals surface area contributed by atoms with E-state index in [2.05, 4.69) is 16.0 Å². The van der Waals surface area contributed by atoms with E-state index >= 15 is 0 Å². The number of nitrogens with zero attached hydrogens (tertiary/aromatic N) is 1. The molecule has 1 atom stereocenters. The smallest absolute Gasteiger partial charge is 0.222 e. The summed E-state index contributed by atoms with van der Waals surface area (Å²) in [6, 6.07) is 5.77. The third-order valence-corrected chi connectivity index (χ3v) is 2.92. The highest BCUT2D eigenvalue weighted by molar-refractivity contribution is 7.91. The lowest BCUT2D eigenvalue weighted by Crippen LogP contribution is -2.27. The van der Waals surface area contributed by atoms with Crippen molar-refractivity contribution in [3.8, 4) is 0 Å². The fourth-order valence-corrected chi connectivity index (χ4v) is 2.21. The van der Waals surface area contributed by atoms with E-state index in [0.717, 1.165) is 23.2 Å². The van der Waals surface area contributed by atoms with E-state index in [4.69, 9.17) is 5.73 Å². The van der Waals surface area contributed by atoms with Crippen LogP contribution in [0.4, 0.5) is 5.69 Å². The van der Waals surface area contributed by atoms with Gasteiger partial charge in [0.1, 0.15) is 0 Å². The minimum atomic E-state index is -1.43. The third kappa shape index (κ3) is 1.44. The van der Waals surface area contributed by atoms with Gasteiger partial charge in [0.15, 0.2) is 5.84 Å². The van der Waals surface area contributed by atoms with E-state index in [0.29, 0.717) is 5.84 Å². The predicted molar refractivity (Wildman–Crippen MR) is 58.3 cm³/mol. The molecule has 0 aliphatic carbocycles. The molecule has 0 saturated heterocycles. The lowest BCUT2D eigenvalue weighted by molar-refractivity contribution is 0.601. The summed E-state index contributed by atoms with van der Waals surface area (Å²) in [5, 5.41) is 0. The zero-order valence-electron chi connectivity index (χ0n) is 7.78. The largest absolute Gasteiger partial charge is 0.566 e. The molecule has 2 rings (SSSR count). The van der Waals surface area contributed by atoms with Crippen molar-refractivity contribution in [2.75, 3.05) is 4.72 Å². The van der Waals surface area contributed by atoms with Gasteiger partial charge in [-0.3, -0.25) is 0 Å². The molecular weight excluding hydrogens is 198 g/mol. The molecule has 1 aliphatic rings. The lowest BCUT2D eigenvalue weighted by atomic mass is 10.0. The highest BCUT2D eigenvalue weighted by atomic mass is 32.2. The van der Waals surface area contributed by atoms with Gasteiger partial charge in [0.05, 0.1) is 11.3 Å². The monoisotopic (exact) mass is 209 g/mol. The van der Waals surface area contributed by atoms with Crippen molar-refractivity contribution in [3.05, 3.63) is 29.3 Å². The summed E-state index contributed by atoms with van der Waals surface area (Å²) in [4.78, 5) is 0. The number of nitrogens with two attached hydrogens (primary N) is 1. The zero-order valence-corrected chi connectivity index (χ0v) is 8.60. The summed E-state index contributed by atoms with van der Waals surface area (Å²) >= 11 is -1.43. The fourth-order valence-electron chi connectivity index (χ4n) is 1.53. The minimum Gasteiger partial charge on any atom is -0.566 e. The van der Waals surface area contributed by atoms with E-state index in [1.165, 1.54) is 0 Å². The van der Waals surface area contributed by atoms with Crippen molar-refractivity contribution in [2.24, 2.45) is 10.1 Å². The molecule has 4 nitrogen and oxygen atoms in total. The van der Waals surface area contributed by atoms with Crippen LogP contribution in [0, 0.1) is 0 Å². The first-order valence-electron chi connectivity index (χ1n) is 4.37. The minimum absolute atomic E-state index is 0.356. The highest BCUT2D eigenvalue weighted by Crippen LogP contribution is 2.25. The number of hydrogen-bond donors (Lipinski definition) is 2. The molecule has 14 heavy (non-hydrogen) atoms. The highest BCUT2D eigenvalue weighted by Gasteiger charge is 2.22. The van der Waals surface area contributed by atoms with Crippen molar-refractivity contribution in [3.63, 3.8) is 0 Å². The Morgan fingerprint density at radius 3 is 3.07 bits per heavy atom. The standard InChI is InChI=1S/C9H11N3OS/c1-2-6-4-3-5-7-8(6)9(10)12-14(13)11-7/h3-5,11H,2H2,1H3,(H2,10,12). The van der Waals surface area contributed by atoms with Gasteiger partial charge >= 0.3 is 0 Å². The van der Waals surface area contributed by atoms with Gasteiger partial charge in [0.25, 0.3) is 0 Å². The summed E-state index contributed by atoms with van der Waals surface area (Å²) in [5.74, 6) is 0.356. The number of anilines is 1. The van der Waals surface area contributed by atoms with Crippen molar-refractivity contribution >= 4 is 23.1 Å². The van der Waals surface area contributed by atoms with Crippen LogP contribution < -0.4 is 10.5 Å². The summed E-state index contributed by atoms with van der Waals surface area (Å²) in [6.07, 6.45) is 0.883. The van der Waals surface area contributed by atoms with E-state index < -0.39 is 11.5 Å². The number of aryl methyl sites for hydroxylation is 1. The Kier molecular flexibility index (Phi) is 2.35. The first kappa shape index (κ1) is 9.36. The molecular formula is C9H11N3OS. The Bertz CT molecular complexity index is 392. The average Bonchev–Trinajstić information content (AvgIpc) is 2.16. The molecule has 1 aromatic carbocycles. The zero-order chi connectivity index (χ0) is 10.1. The van der Waals surface area contributed by atoms with Gasteiger partial charge in [-0.25, -0.2) is 0 Å². The second-order valence-corrected chi connectivity index (χ2v) is 3.91. The van der Waals surface area contributed by atoms with Gasteiger partial charge in [-0.05, 0) is 22.4 Å². The average molecular weight is 209 g/mol. The molecule has 0 saturated carbocycles. The molecule has 5 heteroatoms. The lowest BCUT2D eigenvalue weighted by Gasteiger charge is -2.17. The van der Waals surface area contributed by atoms with Crippen LogP contribution >= 0.6 is 0 Å². The second kappa shape index (κ2) is 3.51. The van der Waals surface area contributed by atoms with Gasteiger partial charge in [0, 0.05) is 0 Å². The summed E-state index contributed by atoms with van der Waals surface area (Å²) in [7, 11) is 0. The van der Waals surface area contributed by atoms with Crippen molar-refractivity contribution in [1.29, 1.82) is 0 Å². The predicted octanol–water partition coefficient (Wildman–Crippen LogP) is 0.958. The van der Waals surface area contributed by atoms with E-state index in [1.807, 2.05) is 18.2 Å². The quantitative estimate of drug-likeness (QED) is 0.676. The molecule has 74 valence electrons. The van der Waals surface area contributed by atoms with Crippen LogP contribution in [0.2, 0.25) is 0 Å². The number of rotatable bonds is 1. The molecule has 1 aromatic rings. The Morgan fingerprint density at radius 2 is 2.36 bits per heavy atom. The molecule has 0 amide bonds. The number of nitrogens with one attached hydrogen (secondary N) is 1. The molecule has 0 spiro atoms. The van der Waals surface area contributed by atoms with Crippen LogP contribution in [0.3, 0.4) is 0 Å². The maximum Gasteiger partial charge on any atom is 0.222 e. The van der Waals surface area contributed by atoms with E-state index in [-0.39, 0.29) is 0 Å².